The van der Waals surface area contributed by atoms with Gasteiger partial charge in [0, 0.05) is 32.8 Å². The Kier molecular flexibility index (Phi) is 5.45. The zero-order valence-electron chi connectivity index (χ0n) is 10.5. The first-order chi connectivity index (χ1) is 8.34. The normalized spacial score (nSPS) is 20.2. The van der Waals surface area contributed by atoms with Crippen molar-refractivity contribution in [3.63, 3.8) is 0 Å². The molecule has 0 amide bonds. The SMILES string of the molecule is CN(CCNCC1CCOC1)Cc1ccsc1. The molecule has 1 aromatic heterocycles. The van der Waals surface area contributed by atoms with E-state index in [1.165, 1.54) is 12.0 Å². The van der Waals surface area contributed by atoms with Crippen LogP contribution in [0.4, 0.5) is 0 Å². The summed E-state index contributed by atoms with van der Waals surface area (Å²) < 4.78 is 5.36. The standard InChI is InChI=1S/C13H22N2OS/c1-15(9-13-3-7-17-11-13)5-4-14-8-12-2-6-16-10-12/h3,7,11-12,14H,2,4-6,8-10H2,1H3. The van der Waals surface area contributed by atoms with Gasteiger partial charge in [-0.2, -0.15) is 11.3 Å². The van der Waals surface area contributed by atoms with E-state index in [1.54, 1.807) is 11.3 Å². The van der Waals surface area contributed by atoms with Crippen LogP contribution in [0, 0.1) is 5.92 Å². The number of nitrogens with zero attached hydrogens (tertiary/aromatic N) is 1. The lowest BCUT2D eigenvalue weighted by molar-refractivity contribution is 0.185. The maximum Gasteiger partial charge on any atom is 0.0507 e. The fourth-order valence-electron chi connectivity index (χ4n) is 2.09. The molecule has 4 heteroatoms. The van der Waals surface area contributed by atoms with Crippen molar-refractivity contribution in [2.24, 2.45) is 5.92 Å². The second kappa shape index (κ2) is 7.11. The second-order valence-electron chi connectivity index (χ2n) is 4.80. The highest BCUT2D eigenvalue weighted by Crippen LogP contribution is 2.10. The molecule has 0 aliphatic carbocycles. The number of nitrogens with one attached hydrogen (secondary N) is 1. The van der Waals surface area contributed by atoms with Crippen LogP contribution >= 0.6 is 11.3 Å². The van der Waals surface area contributed by atoms with Gasteiger partial charge in [-0.15, -0.1) is 0 Å². The zero-order chi connectivity index (χ0) is 11.9. The maximum absolute atomic E-state index is 5.36. The van der Waals surface area contributed by atoms with Crippen LogP contribution in [0.1, 0.15) is 12.0 Å². The molecule has 2 rings (SSSR count). The molecule has 2 heterocycles. The van der Waals surface area contributed by atoms with Crippen LogP contribution < -0.4 is 5.32 Å². The molecule has 0 aromatic carbocycles. The first-order valence-corrected chi connectivity index (χ1v) is 7.27. The van der Waals surface area contributed by atoms with Crippen LogP contribution in [0.25, 0.3) is 0 Å². The van der Waals surface area contributed by atoms with Gasteiger partial charge in [0.15, 0.2) is 0 Å². The third-order valence-corrected chi connectivity index (χ3v) is 3.89. The van der Waals surface area contributed by atoms with Gasteiger partial charge in [0.25, 0.3) is 0 Å². The minimum Gasteiger partial charge on any atom is -0.381 e. The Morgan fingerprint density at radius 3 is 3.24 bits per heavy atom. The van der Waals surface area contributed by atoms with E-state index >= 15 is 0 Å². The van der Waals surface area contributed by atoms with Gasteiger partial charge < -0.3 is 15.0 Å². The number of likely N-dealkylation sites (N-methyl/N-ethyl adjacent to an activating group) is 1. The lowest BCUT2D eigenvalue weighted by Crippen LogP contribution is -2.31. The Bertz CT molecular complexity index is 296. The average molecular weight is 254 g/mol. The number of hydrogen-bond acceptors (Lipinski definition) is 4. The molecule has 1 saturated heterocycles. The lowest BCUT2D eigenvalue weighted by Gasteiger charge is -2.17. The third-order valence-electron chi connectivity index (χ3n) is 3.16. The Morgan fingerprint density at radius 1 is 1.59 bits per heavy atom. The molecule has 1 atom stereocenters. The largest absolute Gasteiger partial charge is 0.381 e. The number of ether oxygens (including phenoxy) is 1. The predicted molar refractivity (Wildman–Crippen MR) is 72.4 cm³/mol. The molecule has 0 saturated carbocycles. The zero-order valence-corrected chi connectivity index (χ0v) is 11.3. The first kappa shape index (κ1) is 13.0. The quantitative estimate of drug-likeness (QED) is 0.751. The van der Waals surface area contributed by atoms with Gasteiger partial charge >= 0.3 is 0 Å². The Morgan fingerprint density at radius 2 is 2.53 bits per heavy atom. The van der Waals surface area contributed by atoms with Crippen LogP contribution in [0.5, 0.6) is 0 Å². The van der Waals surface area contributed by atoms with Gasteiger partial charge in [-0.3, -0.25) is 0 Å². The molecule has 1 aliphatic rings. The van der Waals surface area contributed by atoms with Crippen molar-refractivity contribution in [3.05, 3.63) is 22.4 Å². The van der Waals surface area contributed by atoms with Crippen LogP contribution in [-0.4, -0.2) is 44.8 Å². The molecule has 1 aliphatic heterocycles. The summed E-state index contributed by atoms with van der Waals surface area (Å²) in [4.78, 5) is 2.36. The van der Waals surface area contributed by atoms with Crippen molar-refractivity contribution in [3.8, 4) is 0 Å². The first-order valence-electron chi connectivity index (χ1n) is 6.32. The van der Waals surface area contributed by atoms with E-state index in [9.17, 15) is 0 Å². The summed E-state index contributed by atoms with van der Waals surface area (Å²) in [6.45, 7) is 6.22. The van der Waals surface area contributed by atoms with Gasteiger partial charge in [-0.05, 0) is 41.8 Å². The summed E-state index contributed by atoms with van der Waals surface area (Å²) in [5.74, 6) is 0.733. The predicted octanol–water partition coefficient (Wildman–Crippen LogP) is 1.81. The molecule has 1 unspecified atom stereocenters. The second-order valence-corrected chi connectivity index (χ2v) is 5.58. The van der Waals surface area contributed by atoms with Crippen molar-refractivity contribution in [1.82, 2.24) is 10.2 Å². The highest BCUT2D eigenvalue weighted by Gasteiger charge is 2.14. The summed E-state index contributed by atoms with van der Waals surface area (Å²) >= 11 is 1.77. The summed E-state index contributed by atoms with van der Waals surface area (Å²) in [6.07, 6.45) is 1.22. The van der Waals surface area contributed by atoms with Gasteiger partial charge in [-0.1, -0.05) is 0 Å². The summed E-state index contributed by atoms with van der Waals surface area (Å²) in [6, 6.07) is 2.20. The molecule has 0 radical (unpaired) electrons. The Hall–Kier alpha value is -0.420. The fraction of sp³-hybridized carbons (Fsp3) is 0.692. The molecule has 0 spiro atoms. The molecule has 1 N–H and O–H groups in total. The molecule has 17 heavy (non-hydrogen) atoms. The monoisotopic (exact) mass is 254 g/mol. The molecule has 1 aromatic rings. The van der Waals surface area contributed by atoms with Gasteiger partial charge in [0.05, 0.1) is 6.61 Å². The fourth-order valence-corrected chi connectivity index (χ4v) is 2.75. The highest BCUT2D eigenvalue weighted by atomic mass is 32.1. The smallest absolute Gasteiger partial charge is 0.0507 e. The maximum atomic E-state index is 5.36. The van der Waals surface area contributed by atoms with Gasteiger partial charge in [0.1, 0.15) is 0 Å². The number of hydrogen-bond donors (Lipinski definition) is 1. The Labute approximate surface area is 108 Å². The minimum atomic E-state index is 0.733. The molecule has 0 bridgehead atoms. The minimum absolute atomic E-state index is 0.733. The van der Waals surface area contributed by atoms with E-state index in [2.05, 4.69) is 34.1 Å². The van der Waals surface area contributed by atoms with E-state index in [0.29, 0.717) is 0 Å². The molecule has 3 nitrogen and oxygen atoms in total. The van der Waals surface area contributed by atoms with Gasteiger partial charge in [0.2, 0.25) is 0 Å². The third kappa shape index (κ3) is 4.76. The summed E-state index contributed by atoms with van der Waals surface area (Å²) in [7, 11) is 2.18. The molecular weight excluding hydrogens is 232 g/mol. The van der Waals surface area contributed by atoms with Crippen molar-refractivity contribution < 1.29 is 4.74 Å². The molecular formula is C13H22N2OS. The van der Waals surface area contributed by atoms with E-state index in [4.69, 9.17) is 4.74 Å². The van der Waals surface area contributed by atoms with Crippen molar-refractivity contribution in [1.29, 1.82) is 0 Å². The van der Waals surface area contributed by atoms with Crippen molar-refractivity contribution >= 4 is 11.3 Å². The lowest BCUT2D eigenvalue weighted by atomic mass is 10.1. The molecule has 96 valence electrons. The Balaban J connectivity index is 1.52. The highest BCUT2D eigenvalue weighted by molar-refractivity contribution is 7.07. The van der Waals surface area contributed by atoms with E-state index in [0.717, 1.165) is 45.3 Å². The van der Waals surface area contributed by atoms with Crippen LogP contribution in [0.3, 0.4) is 0 Å². The topological polar surface area (TPSA) is 24.5 Å². The van der Waals surface area contributed by atoms with E-state index in [-0.39, 0.29) is 0 Å². The summed E-state index contributed by atoms with van der Waals surface area (Å²) in [5, 5.41) is 7.88. The van der Waals surface area contributed by atoms with Gasteiger partial charge in [-0.25, -0.2) is 0 Å². The summed E-state index contributed by atoms with van der Waals surface area (Å²) in [5.41, 5.74) is 1.42. The number of thiophene rings is 1. The average Bonchev–Trinajstić information content (AvgIpc) is 2.96. The molecule has 1 fully saturated rings. The van der Waals surface area contributed by atoms with Crippen LogP contribution in [0.2, 0.25) is 0 Å². The van der Waals surface area contributed by atoms with E-state index in [1.807, 2.05) is 0 Å². The van der Waals surface area contributed by atoms with E-state index < -0.39 is 0 Å². The van der Waals surface area contributed by atoms with Crippen molar-refractivity contribution in [2.75, 3.05) is 39.9 Å². The van der Waals surface area contributed by atoms with Crippen molar-refractivity contribution in [2.45, 2.75) is 13.0 Å². The number of rotatable bonds is 7. The van der Waals surface area contributed by atoms with Crippen LogP contribution in [0.15, 0.2) is 16.8 Å². The van der Waals surface area contributed by atoms with Crippen LogP contribution in [-0.2, 0) is 11.3 Å².